The van der Waals surface area contributed by atoms with E-state index >= 15 is 0 Å². The standard InChI is InChI=1S/C21H39NO6/c1-10-21(9,16(24)25)15-14(13-19(5,6)11-12-23)22(20(7,8)27-15)17(26)28-18(2,3)4/h14-15,23H,10-13H2,1-9H3,(H,24,25)/t14-,15+,21+/m0/s1. The fourth-order valence-electron chi connectivity index (χ4n) is 3.85. The zero-order valence-electron chi connectivity index (χ0n) is 19.0. The molecule has 7 heteroatoms. The minimum Gasteiger partial charge on any atom is -0.481 e. The molecular weight excluding hydrogens is 362 g/mol. The minimum atomic E-state index is -1.16. The molecule has 28 heavy (non-hydrogen) atoms. The lowest BCUT2D eigenvalue weighted by atomic mass is 9.73. The van der Waals surface area contributed by atoms with Crippen molar-refractivity contribution in [2.75, 3.05) is 6.61 Å². The first-order valence-electron chi connectivity index (χ1n) is 10.0. The van der Waals surface area contributed by atoms with E-state index in [-0.39, 0.29) is 12.0 Å². The highest BCUT2D eigenvalue weighted by atomic mass is 16.6. The first-order chi connectivity index (χ1) is 12.5. The van der Waals surface area contributed by atoms with Gasteiger partial charge in [-0.1, -0.05) is 20.8 Å². The maximum Gasteiger partial charge on any atom is 0.412 e. The zero-order valence-corrected chi connectivity index (χ0v) is 19.0. The first kappa shape index (κ1) is 24.7. The maximum atomic E-state index is 13.1. The molecular formula is C21H39NO6. The Hall–Kier alpha value is -1.34. The van der Waals surface area contributed by atoms with Gasteiger partial charge in [-0.05, 0) is 66.2 Å². The third kappa shape index (κ3) is 5.38. The van der Waals surface area contributed by atoms with Crippen molar-refractivity contribution in [1.29, 1.82) is 0 Å². The molecule has 0 aromatic rings. The Morgan fingerprint density at radius 3 is 2.07 bits per heavy atom. The number of carboxylic acids is 1. The first-order valence-corrected chi connectivity index (χ1v) is 10.0. The summed E-state index contributed by atoms with van der Waals surface area (Å²) in [4.78, 5) is 26.8. The van der Waals surface area contributed by atoms with E-state index in [4.69, 9.17) is 9.47 Å². The number of ether oxygens (including phenoxy) is 2. The molecule has 3 atom stereocenters. The zero-order chi connectivity index (χ0) is 22.1. The van der Waals surface area contributed by atoms with Crippen molar-refractivity contribution in [2.45, 2.75) is 105 Å². The summed E-state index contributed by atoms with van der Waals surface area (Å²) < 4.78 is 11.9. The fourth-order valence-corrected chi connectivity index (χ4v) is 3.85. The summed E-state index contributed by atoms with van der Waals surface area (Å²) in [6.45, 7) is 16.4. The van der Waals surface area contributed by atoms with Crippen LogP contribution in [0.5, 0.6) is 0 Å². The van der Waals surface area contributed by atoms with Crippen LogP contribution in [0.25, 0.3) is 0 Å². The van der Waals surface area contributed by atoms with E-state index in [1.807, 2.05) is 20.8 Å². The van der Waals surface area contributed by atoms with Gasteiger partial charge in [-0.15, -0.1) is 0 Å². The average molecular weight is 402 g/mol. The topological polar surface area (TPSA) is 96.3 Å². The number of aliphatic carboxylic acids is 1. The predicted octanol–water partition coefficient (Wildman–Crippen LogP) is 4.03. The molecule has 0 aromatic carbocycles. The van der Waals surface area contributed by atoms with E-state index in [1.165, 1.54) is 0 Å². The second kappa shape index (κ2) is 8.19. The molecule has 0 bridgehead atoms. The van der Waals surface area contributed by atoms with Crippen LogP contribution < -0.4 is 0 Å². The molecule has 1 saturated heterocycles. The van der Waals surface area contributed by atoms with Gasteiger partial charge in [-0.2, -0.15) is 0 Å². The molecule has 0 unspecified atom stereocenters. The van der Waals surface area contributed by atoms with Crippen molar-refractivity contribution in [3.05, 3.63) is 0 Å². The van der Waals surface area contributed by atoms with E-state index in [0.717, 1.165) is 0 Å². The Labute approximate surface area is 169 Å². The molecule has 0 aliphatic carbocycles. The number of nitrogens with zero attached hydrogens (tertiary/aromatic N) is 1. The van der Waals surface area contributed by atoms with Crippen LogP contribution in [0.2, 0.25) is 0 Å². The van der Waals surface area contributed by atoms with Gasteiger partial charge in [-0.25, -0.2) is 4.79 Å². The number of carboxylic acid groups (broad SMARTS) is 1. The van der Waals surface area contributed by atoms with Crippen molar-refractivity contribution in [2.24, 2.45) is 10.8 Å². The Morgan fingerprint density at radius 1 is 1.14 bits per heavy atom. The van der Waals surface area contributed by atoms with Gasteiger partial charge in [0.2, 0.25) is 0 Å². The SMILES string of the molecule is CC[C@@](C)(C(=O)O)[C@@H]1OC(C)(C)N(C(=O)OC(C)(C)C)[C@H]1CC(C)(C)CCO. The second-order valence-corrected chi connectivity index (χ2v) is 10.3. The van der Waals surface area contributed by atoms with Gasteiger partial charge >= 0.3 is 12.1 Å². The van der Waals surface area contributed by atoms with E-state index in [2.05, 4.69) is 0 Å². The summed E-state index contributed by atoms with van der Waals surface area (Å²) in [5, 5.41) is 19.4. The number of aliphatic hydroxyl groups is 1. The Bertz CT molecular complexity index is 580. The van der Waals surface area contributed by atoms with Crippen LogP contribution >= 0.6 is 0 Å². The predicted molar refractivity (Wildman–Crippen MR) is 107 cm³/mol. The summed E-state index contributed by atoms with van der Waals surface area (Å²) >= 11 is 0. The van der Waals surface area contributed by atoms with Crippen LogP contribution in [0.4, 0.5) is 4.79 Å². The molecule has 1 heterocycles. The molecule has 0 aromatic heterocycles. The van der Waals surface area contributed by atoms with E-state index in [1.54, 1.807) is 46.4 Å². The van der Waals surface area contributed by atoms with Crippen LogP contribution in [0.1, 0.15) is 81.6 Å². The molecule has 0 radical (unpaired) electrons. The lowest BCUT2D eigenvalue weighted by molar-refractivity contribution is -0.163. The smallest absolute Gasteiger partial charge is 0.412 e. The van der Waals surface area contributed by atoms with Crippen molar-refractivity contribution in [3.8, 4) is 0 Å². The Kier molecular flexibility index (Phi) is 7.22. The van der Waals surface area contributed by atoms with Gasteiger partial charge < -0.3 is 19.7 Å². The largest absolute Gasteiger partial charge is 0.481 e. The van der Waals surface area contributed by atoms with Crippen molar-refractivity contribution < 1.29 is 29.3 Å². The highest BCUT2D eigenvalue weighted by molar-refractivity contribution is 5.76. The minimum absolute atomic E-state index is 0.0189. The van der Waals surface area contributed by atoms with Crippen LogP contribution in [0.3, 0.4) is 0 Å². The van der Waals surface area contributed by atoms with Crippen molar-refractivity contribution in [3.63, 3.8) is 0 Å². The molecule has 0 spiro atoms. The summed E-state index contributed by atoms with van der Waals surface area (Å²) in [6.07, 6.45) is 0.171. The summed E-state index contributed by atoms with van der Waals surface area (Å²) in [6, 6.07) is -0.493. The number of hydrogen-bond donors (Lipinski definition) is 2. The molecule has 164 valence electrons. The number of aliphatic hydroxyl groups excluding tert-OH is 1. The molecule has 7 nitrogen and oxygen atoms in total. The van der Waals surface area contributed by atoms with Crippen LogP contribution in [-0.2, 0) is 14.3 Å². The van der Waals surface area contributed by atoms with E-state index < -0.39 is 40.9 Å². The van der Waals surface area contributed by atoms with Crippen LogP contribution in [0, 0.1) is 10.8 Å². The number of rotatable bonds is 7. The van der Waals surface area contributed by atoms with Gasteiger partial charge in [-0.3, -0.25) is 9.69 Å². The summed E-state index contributed by atoms with van der Waals surface area (Å²) in [5.74, 6) is -0.952. The molecule has 1 rings (SSSR count). The molecule has 2 N–H and O–H groups in total. The third-order valence-corrected chi connectivity index (χ3v) is 5.67. The lowest BCUT2D eigenvalue weighted by Gasteiger charge is -2.39. The fraction of sp³-hybridized carbons (Fsp3) is 0.905. The second-order valence-electron chi connectivity index (χ2n) is 10.3. The molecule has 1 fully saturated rings. The van der Waals surface area contributed by atoms with E-state index in [0.29, 0.717) is 19.3 Å². The average Bonchev–Trinajstić information content (AvgIpc) is 2.74. The Balaban J connectivity index is 3.45. The monoisotopic (exact) mass is 401 g/mol. The highest BCUT2D eigenvalue weighted by Gasteiger charge is 2.59. The molecule has 1 aliphatic heterocycles. The lowest BCUT2D eigenvalue weighted by Crippen LogP contribution is -2.53. The van der Waals surface area contributed by atoms with E-state index in [9.17, 15) is 19.8 Å². The maximum absolute atomic E-state index is 13.1. The van der Waals surface area contributed by atoms with Gasteiger partial charge in [0, 0.05) is 6.61 Å². The normalized spacial score (nSPS) is 24.7. The number of carbonyl (C=O) groups excluding carboxylic acids is 1. The summed E-state index contributed by atoms with van der Waals surface area (Å²) in [5.41, 5.74) is -3.17. The number of carbonyl (C=O) groups is 2. The van der Waals surface area contributed by atoms with Gasteiger partial charge in [0.15, 0.2) is 0 Å². The summed E-state index contributed by atoms with van der Waals surface area (Å²) in [7, 11) is 0. The van der Waals surface area contributed by atoms with Crippen LogP contribution in [0.15, 0.2) is 0 Å². The van der Waals surface area contributed by atoms with Gasteiger partial charge in [0.05, 0.1) is 17.6 Å². The quantitative estimate of drug-likeness (QED) is 0.669. The van der Waals surface area contributed by atoms with Crippen molar-refractivity contribution >= 4 is 12.1 Å². The third-order valence-electron chi connectivity index (χ3n) is 5.67. The highest BCUT2D eigenvalue weighted by Crippen LogP contribution is 2.47. The van der Waals surface area contributed by atoms with Crippen LogP contribution in [-0.4, -0.2) is 57.3 Å². The van der Waals surface area contributed by atoms with Gasteiger partial charge in [0.1, 0.15) is 11.3 Å². The molecule has 0 saturated carbocycles. The number of amides is 1. The van der Waals surface area contributed by atoms with Crippen molar-refractivity contribution in [1.82, 2.24) is 4.90 Å². The van der Waals surface area contributed by atoms with Gasteiger partial charge in [0.25, 0.3) is 0 Å². The molecule has 1 amide bonds. The molecule has 1 aliphatic rings. The number of hydrogen-bond acceptors (Lipinski definition) is 5. The Morgan fingerprint density at radius 2 is 1.68 bits per heavy atom.